The molecule has 0 radical (unpaired) electrons. The summed E-state index contributed by atoms with van der Waals surface area (Å²) in [5, 5.41) is 0.527. The van der Waals surface area contributed by atoms with Crippen LogP contribution < -0.4 is 9.64 Å². The van der Waals surface area contributed by atoms with Gasteiger partial charge in [-0.05, 0) is 30.7 Å². The second-order valence-electron chi connectivity index (χ2n) is 4.95. The van der Waals surface area contributed by atoms with Crippen molar-refractivity contribution in [2.75, 3.05) is 17.2 Å². The van der Waals surface area contributed by atoms with Crippen LogP contribution >= 0.6 is 11.6 Å². The molecule has 1 heterocycles. The molecule has 0 fully saturated rings. The summed E-state index contributed by atoms with van der Waals surface area (Å²) in [4.78, 5) is 1.92. The average molecular weight is 340 g/mol. The van der Waals surface area contributed by atoms with Crippen LogP contribution in [-0.2, 0) is 10.1 Å². The number of para-hydroxylation sites is 3. The summed E-state index contributed by atoms with van der Waals surface area (Å²) in [7, 11) is -3.98. The number of nitrogens with zero attached hydrogens (tertiary/aromatic N) is 1. The molecule has 0 bridgehead atoms. The molecule has 2 aromatic carbocycles. The first kappa shape index (κ1) is 15.1. The van der Waals surface area contributed by atoms with Gasteiger partial charge in [-0.25, -0.2) is 0 Å². The predicted molar refractivity (Wildman–Crippen MR) is 86.0 cm³/mol. The van der Waals surface area contributed by atoms with Gasteiger partial charge in [-0.3, -0.25) is 4.55 Å². The monoisotopic (exact) mass is 339 g/mol. The lowest BCUT2D eigenvalue weighted by molar-refractivity contribution is 0.471. The number of fused-ring (bicyclic) bond motifs is 2. The van der Waals surface area contributed by atoms with Crippen LogP contribution in [0, 0.1) is 0 Å². The van der Waals surface area contributed by atoms with Gasteiger partial charge in [0, 0.05) is 6.54 Å². The molecule has 0 amide bonds. The molecule has 116 valence electrons. The van der Waals surface area contributed by atoms with Crippen molar-refractivity contribution in [2.24, 2.45) is 0 Å². The highest BCUT2D eigenvalue weighted by Gasteiger charge is 2.26. The third-order valence-electron chi connectivity index (χ3n) is 3.38. The third kappa shape index (κ3) is 3.04. The molecule has 22 heavy (non-hydrogen) atoms. The van der Waals surface area contributed by atoms with Gasteiger partial charge in [0.2, 0.25) is 0 Å². The largest absolute Gasteiger partial charge is 0.453 e. The van der Waals surface area contributed by atoms with Crippen LogP contribution in [0.4, 0.5) is 11.4 Å². The first-order valence-corrected chi connectivity index (χ1v) is 8.72. The van der Waals surface area contributed by atoms with Gasteiger partial charge in [-0.2, -0.15) is 8.42 Å². The Morgan fingerprint density at radius 1 is 1.09 bits per heavy atom. The van der Waals surface area contributed by atoms with Crippen LogP contribution in [0.2, 0.25) is 5.02 Å². The zero-order chi connectivity index (χ0) is 15.7. The lowest BCUT2D eigenvalue weighted by Gasteiger charge is -2.33. The Balaban J connectivity index is 1.97. The maximum absolute atomic E-state index is 10.9. The number of hydrogen-bond acceptors (Lipinski definition) is 4. The standard InChI is InChI=1S/C15H14ClNO4S/c16-11-5-3-8-14-15(11)17(9-4-10-22(18,19)20)12-6-1-2-7-13(12)21-14/h1-3,5-8H,4,9-10H2,(H,18,19,20). The van der Waals surface area contributed by atoms with Gasteiger partial charge in [0.25, 0.3) is 10.1 Å². The van der Waals surface area contributed by atoms with E-state index in [0.717, 1.165) is 5.69 Å². The van der Waals surface area contributed by atoms with E-state index >= 15 is 0 Å². The molecule has 2 aromatic rings. The fourth-order valence-corrected chi connectivity index (χ4v) is 3.24. The van der Waals surface area contributed by atoms with Crippen molar-refractivity contribution in [3.05, 3.63) is 47.5 Å². The molecule has 1 aliphatic rings. The van der Waals surface area contributed by atoms with E-state index in [1.54, 1.807) is 12.1 Å². The molecule has 0 saturated carbocycles. The van der Waals surface area contributed by atoms with Crippen LogP contribution in [0.1, 0.15) is 6.42 Å². The number of halogens is 1. The van der Waals surface area contributed by atoms with Gasteiger partial charge < -0.3 is 9.64 Å². The minimum absolute atomic E-state index is 0.276. The van der Waals surface area contributed by atoms with Crippen molar-refractivity contribution in [3.63, 3.8) is 0 Å². The normalized spacial score (nSPS) is 13.3. The highest BCUT2D eigenvalue weighted by molar-refractivity contribution is 7.85. The summed E-state index contributed by atoms with van der Waals surface area (Å²) in [6.07, 6.45) is 0.276. The Hall–Kier alpha value is -1.76. The Morgan fingerprint density at radius 3 is 2.59 bits per heavy atom. The van der Waals surface area contributed by atoms with Crippen LogP contribution in [-0.4, -0.2) is 25.3 Å². The zero-order valence-corrected chi connectivity index (χ0v) is 13.1. The second-order valence-corrected chi connectivity index (χ2v) is 6.93. The molecule has 0 atom stereocenters. The molecule has 0 spiro atoms. The highest BCUT2D eigenvalue weighted by atomic mass is 35.5. The van der Waals surface area contributed by atoms with E-state index in [2.05, 4.69) is 0 Å². The Morgan fingerprint density at radius 2 is 1.82 bits per heavy atom. The molecule has 0 aromatic heterocycles. The average Bonchev–Trinajstić information content (AvgIpc) is 2.45. The molecule has 7 heteroatoms. The maximum atomic E-state index is 10.9. The van der Waals surface area contributed by atoms with Crippen molar-refractivity contribution in [1.29, 1.82) is 0 Å². The second kappa shape index (κ2) is 5.79. The Labute approximate surface area is 133 Å². The van der Waals surface area contributed by atoms with Crippen LogP contribution in [0.15, 0.2) is 42.5 Å². The molecule has 3 rings (SSSR count). The molecule has 1 N–H and O–H groups in total. The molecule has 5 nitrogen and oxygen atoms in total. The lowest BCUT2D eigenvalue weighted by atomic mass is 10.1. The van der Waals surface area contributed by atoms with Gasteiger partial charge in [-0.15, -0.1) is 0 Å². The van der Waals surface area contributed by atoms with E-state index in [4.69, 9.17) is 20.9 Å². The SMILES string of the molecule is O=S(=O)(O)CCCN1c2ccccc2Oc2cccc(Cl)c21. The van der Waals surface area contributed by atoms with Gasteiger partial charge >= 0.3 is 0 Å². The highest BCUT2D eigenvalue weighted by Crippen LogP contribution is 2.49. The number of rotatable bonds is 4. The predicted octanol–water partition coefficient (Wildman–Crippen LogP) is 3.86. The van der Waals surface area contributed by atoms with E-state index in [-0.39, 0.29) is 12.2 Å². The Bertz CT molecular complexity index is 807. The van der Waals surface area contributed by atoms with Crippen molar-refractivity contribution in [3.8, 4) is 11.5 Å². The topological polar surface area (TPSA) is 66.8 Å². The Kier molecular flexibility index (Phi) is 3.99. The summed E-state index contributed by atoms with van der Waals surface area (Å²) in [6.45, 7) is 0.400. The summed E-state index contributed by atoms with van der Waals surface area (Å²) in [6, 6.07) is 12.8. The fourth-order valence-electron chi connectivity index (χ4n) is 2.48. The summed E-state index contributed by atoms with van der Waals surface area (Å²) in [5.74, 6) is 1.01. The summed E-state index contributed by atoms with van der Waals surface area (Å²) in [5.41, 5.74) is 1.52. The number of hydrogen-bond donors (Lipinski definition) is 1. The maximum Gasteiger partial charge on any atom is 0.264 e. The first-order chi connectivity index (χ1) is 10.5. The lowest BCUT2D eigenvalue weighted by Crippen LogP contribution is -2.24. The van der Waals surface area contributed by atoms with Gasteiger partial charge in [0.1, 0.15) is 5.69 Å². The minimum Gasteiger partial charge on any atom is -0.453 e. The van der Waals surface area contributed by atoms with E-state index in [9.17, 15) is 8.42 Å². The quantitative estimate of drug-likeness (QED) is 0.857. The van der Waals surface area contributed by atoms with E-state index in [1.807, 2.05) is 35.2 Å². The molecular weight excluding hydrogens is 326 g/mol. The number of ether oxygens (including phenoxy) is 1. The fraction of sp³-hybridized carbons (Fsp3) is 0.200. The minimum atomic E-state index is -3.98. The smallest absolute Gasteiger partial charge is 0.264 e. The van der Waals surface area contributed by atoms with Gasteiger partial charge in [-0.1, -0.05) is 29.8 Å². The van der Waals surface area contributed by atoms with Gasteiger partial charge in [0.15, 0.2) is 11.5 Å². The van der Waals surface area contributed by atoms with Crippen molar-refractivity contribution < 1.29 is 17.7 Å². The third-order valence-corrected chi connectivity index (χ3v) is 4.49. The molecular formula is C15H14ClNO4S. The van der Waals surface area contributed by atoms with E-state index in [1.165, 1.54) is 0 Å². The zero-order valence-electron chi connectivity index (χ0n) is 11.6. The molecule has 0 saturated heterocycles. The van der Waals surface area contributed by atoms with E-state index < -0.39 is 10.1 Å². The van der Waals surface area contributed by atoms with Crippen molar-refractivity contribution in [1.82, 2.24) is 0 Å². The van der Waals surface area contributed by atoms with Crippen molar-refractivity contribution in [2.45, 2.75) is 6.42 Å². The van der Waals surface area contributed by atoms with Crippen LogP contribution in [0.5, 0.6) is 11.5 Å². The molecule has 1 aliphatic heterocycles. The first-order valence-electron chi connectivity index (χ1n) is 6.74. The van der Waals surface area contributed by atoms with Crippen LogP contribution in [0.3, 0.4) is 0 Å². The number of benzene rings is 2. The summed E-state index contributed by atoms with van der Waals surface area (Å²) < 4.78 is 36.6. The molecule has 0 aliphatic carbocycles. The summed E-state index contributed by atoms with van der Waals surface area (Å²) >= 11 is 6.28. The van der Waals surface area contributed by atoms with Crippen molar-refractivity contribution >= 4 is 33.1 Å². The number of anilines is 2. The van der Waals surface area contributed by atoms with Gasteiger partial charge in [0.05, 0.1) is 16.5 Å². The van der Waals surface area contributed by atoms with E-state index in [0.29, 0.717) is 28.8 Å². The molecule has 0 unspecified atom stereocenters. The van der Waals surface area contributed by atoms with Crippen LogP contribution in [0.25, 0.3) is 0 Å².